The molecule has 1 aromatic carbocycles. The van der Waals surface area contributed by atoms with Crippen molar-refractivity contribution in [1.29, 1.82) is 0 Å². The van der Waals surface area contributed by atoms with Crippen LogP contribution in [0.1, 0.15) is 16.8 Å². The lowest BCUT2D eigenvalue weighted by Crippen LogP contribution is -2.44. The molecule has 1 atom stereocenters. The fraction of sp³-hybridized carbons (Fsp3) is 0.167. The van der Waals surface area contributed by atoms with Crippen molar-refractivity contribution in [2.45, 2.75) is 12.5 Å². The van der Waals surface area contributed by atoms with Gasteiger partial charge < -0.3 is 11.1 Å². The molecule has 17 heavy (non-hydrogen) atoms. The fourth-order valence-electron chi connectivity index (χ4n) is 1.29. The molecule has 0 aliphatic carbocycles. The van der Waals surface area contributed by atoms with Gasteiger partial charge in [0.05, 0.1) is 5.56 Å². The van der Waals surface area contributed by atoms with Crippen LogP contribution < -0.4 is 11.1 Å². The second-order valence-corrected chi connectivity index (χ2v) is 3.43. The van der Waals surface area contributed by atoms with Crippen molar-refractivity contribution in [3.8, 4) is 0 Å². The zero-order valence-corrected chi connectivity index (χ0v) is 9.15. The minimum Gasteiger partial charge on any atom is -0.368 e. The van der Waals surface area contributed by atoms with E-state index >= 15 is 0 Å². The van der Waals surface area contributed by atoms with Gasteiger partial charge in [0, 0.05) is 0 Å². The molecular weight excluding hydrogens is 223 g/mol. The summed E-state index contributed by atoms with van der Waals surface area (Å²) >= 11 is 0. The third kappa shape index (κ3) is 3.41. The summed E-state index contributed by atoms with van der Waals surface area (Å²) < 4.78 is 13.3. The third-order valence-corrected chi connectivity index (χ3v) is 2.17. The summed E-state index contributed by atoms with van der Waals surface area (Å²) in [5, 5.41) is 2.35. The average molecular weight is 236 g/mol. The number of nitrogens with one attached hydrogen (secondary N) is 1. The molecular formula is C12H13FN2O2. The van der Waals surface area contributed by atoms with Gasteiger partial charge >= 0.3 is 0 Å². The minimum atomic E-state index is -0.875. The second kappa shape index (κ2) is 5.79. The fourth-order valence-corrected chi connectivity index (χ4v) is 1.29. The number of primary amides is 1. The number of nitrogens with two attached hydrogens (primary N) is 1. The van der Waals surface area contributed by atoms with Gasteiger partial charge in [-0.2, -0.15) is 0 Å². The molecule has 0 spiro atoms. The Labute approximate surface area is 98.3 Å². The Bertz CT molecular complexity index is 446. The Morgan fingerprint density at radius 3 is 2.65 bits per heavy atom. The molecule has 0 aliphatic rings. The van der Waals surface area contributed by atoms with Crippen LogP contribution in [0.3, 0.4) is 0 Å². The third-order valence-electron chi connectivity index (χ3n) is 2.17. The van der Waals surface area contributed by atoms with Gasteiger partial charge in [0.25, 0.3) is 5.91 Å². The van der Waals surface area contributed by atoms with Gasteiger partial charge in [0.2, 0.25) is 5.91 Å². The molecule has 1 rings (SSSR count). The van der Waals surface area contributed by atoms with Crippen molar-refractivity contribution in [1.82, 2.24) is 5.32 Å². The van der Waals surface area contributed by atoms with Gasteiger partial charge in [0.15, 0.2) is 0 Å². The maximum atomic E-state index is 13.3. The molecule has 90 valence electrons. The number of hydrogen-bond acceptors (Lipinski definition) is 2. The quantitative estimate of drug-likeness (QED) is 0.748. The summed E-state index contributed by atoms with van der Waals surface area (Å²) in [7, 11) is 0. The zero-order chi connectivity index (χ0) is 12.8. The largest absolute Gasteiger partial charge is 0.368 e. The van der Waals surface area contributed by atoms with E-state index in [1.54, 1.807) is 0 Å². The smallest absolute Gasteiger partial charge is 0.254 e. The highest BCUT2D eigenvalue weighted by atomic mass is 19.1. The predicted molar refractivity (Wildman–Crippen MR) is 61.7 cm³/mol. The van der Waals surface area contributed by atoms with E-state index in [2.05, 4.69) is 11.9 Å². The lowest BCUT2D eigenvalue weighted by molar-refractivity contribution is -0.119. The zero-order valence-electron chi connectivity index (χ0n) is 9.15. The van der Waals surface area contributed by atoms with Gasteiger partial charge in [-0.25, -0.2) is 4.39 Å². The van der Waals surface area contributed by atoms with Crippen molar-refractivity contribution in [3.63, 3.8) is 0 Å². The molecule has 0 heterocycles. The summed E-state index contributed by atoms with van der Waals surface area (Å²) in [6.07, 6.45) is 1.66. The molecule has 1 aromatic rings. The van der Waals surface area contributed by atoms with Crippen LogP contribution in [0, 0.1) is 5.82 Å². The van der Waals surface area contributed by atoms with E-state index in [0.717, 1.165) is 0 Å². The lowest BCUT2D eigenvalue weighted by Gasteiger charge is -2.13. The summed E-state index contributed by atoms with van der Waals surface area (Å²) in [6.45, 7) is 3.45. The topological polar surface area (TPSA) is 72.2 Å². The first kappa shape index (κ1) is 12.9. The highest BCUT2D eigenvalue weighted by Crippen LogP contribution is 2.06. The van der Waals surface area contributed by atoms with E-state index in [-0.39, 0.29) is 12.0 Å². The van der Waals surface area contributed by atoms with Crippen LogP contribution in [0.15, 0.2) is 36.9 Å². The van der Waals surface area contributed by atoms with Crippen LogP contribution in [-0.4, -0.2) is 17.9 Å². The van der Waals surface area contributed by atoms with E-state index in [0.29, 0.717) is 0 Å². The van der Waals surface area contributed by atoms with Gasteiger partial charge in [0.1, 0.15) is 11.9 Å². The van der Waals surface area contributed by atoms with Crippen molar-refractivity contribution >= 4 is 11.8 Å². The van der Waals surface area contributed by atoms with Crippen molar-refractivity contribution in [2.24, 2.45) is 5.73 Å². The maximum absolute atomic E-state index is 13.3. The molecule has 0 fully saturated rings. The average Bonchev–Trinajstić information content (AvgIpc) is 2.28. The van der Waals surface area contributed by atoms with E-state index in [9.17, 15) is 14.0 Å². The van der Waals surface area contributed by atoms with Crippen molar-refractivity contribution in [2.75, 3.05) is 0 Å². The monoisotopic (exact) mass is 236 g/mol. The van der Waals surface area contributed by atoms with Crippen LogP contribution in [0.4, 0.5) is 4.39 Å². The summed E-state index contributed by atoms with van der Waals surface area (Å²) in [5.74, 6) is -2.00. The molecule has 3 N–H and O–H groups in total. The molecule has 0 saturated carbocycles. The highest BCUT2D eigenvalue weighted by Gasteiger charge is 2.19. The lowest BCUT2D eigenvalue weighted by atomic mass is 10.1. The standard InChI is InChI=1S/C12H13FN2O2/c1-2-5-10(11(14)16)15-12(17)8-6-3-4-7-9(8)13/h2-4,6-7,10H,1,5H2,(H2,14,16)(H,15,17)/t10-/m0/s1. The first-order valence-corrected chi connectivity index (χ1v) is 5.02. The molecule has 4 nitrogen and oxygen atoms in total. The van der Waals surface area contributed by atoms with Crippen molar-refractivity contribution in [3.05, 3.63) is 48.3 Å². The summed E-state index contributed by atoms with van der Waals surface area (Å²) in [6, 6.07) is 4.63. The van der Waals surface area contributed by atoms with Crippen LogP contribution in [0.5, 0.6) is 0 Å². The van der Waals surface area contributed by atoms with Crippen LogP contribution in [0.2, 0.25) is 0 Å². The molecule has 0 saturated heterocycles. The normalized spacial score (nSPS) is 11.6. The van der Waals surface area contributed by atoms with E-state index in [1.165, 1.54) is 30.3 Å². The van der Waals surface area contributed by atoms with Gasteiger partial charge in [-0.15, -0.1) is 6.58 Å². The summed E-state index contributed by atoms with van der Waals surface area (Å²) in [5.41, 5.74) is 4.97. The minimum absolute atomic E-state index is 0.122. The van der Waals surface area contributed by atoms with Gasteiger partial charge in [-0.1, -0.05) is 18.2 Å². The van der Waals surface area contributed by atoms with Gasteiger partial charge in [-0.05, 0) is 18.6 Å². The first-order valence-electron chi connectivity index (χ1n) is 5.02. The number of carbonyl (C=O) groups is 2. The summed E-state index contributed by atoms with van der Waals surface area (Å²) in [4.78, 5) is 22.7. The number of benzene rings is 1. The Balaban J connectivity index is 2.81. The Kier molecular flexibility index (Phi) is 4.39. The van der Waals surface area contributed by atoms with Gasteiger partial charge in [-0.3, -0.25) is 9.59 Å². The van der Waals surface area contributed by atoms with Crippen molar-refractivity contribution < 1.29 is 14.0 Å². The van der Waals surface area contributed by atoms with Crippen LogP contribution in [0.25, 0.3) is 0 Å². The molecule has 0 unspecified atom stereocenters. The number of rotatable bonds is 5. The predicted octanol–water partition coefficient (Wildman–Crippen LogP) is 0.985. The SMILES string of the molecule is C=CC[C@H](NC(=O)c1ccccc1F)C(N)=O. The number of halogens is 1. The molecule has 0 aromatic heterocycles. The molecule has 0 bridgehead atoms. The molecule has 2 amide bonds. The molecule has 0 aliphatic heterocycles. The maximum Gasteiger partial charge on any atom is 0.254 e. The Morgan fingerprint density at radius 2 is 2.12 bits per heavy atom. The van der Waals surface area contributed by atoms with E-state index in [1.807, 2.05) is 0 Å². The van der Waals surface area contributed by atoms with Crippen LogP contribution >= 0.6 is 0 Å². The first-order chi connectivity index (χ1) is 8.06. The number of carbonyl (C=O) groups excluding carboxylic acids is 2. The molecule has 0 radical (unpaired) electrons. The second-order valence-electron chi connectivity index (χ2n) is 3.43. The van der Waals surface area contributed by atoms with E-state index < -0.39 is 23.7 Å². The number of hydrogen-bond donors (Lipinski definition) is 2. The molecule has 5 heteroatoms. The van der Waals surface area contributed by atoms with Crippen LogP contribution in [-0.2, 0) is 4.79 Å². The highest BCUT2D eigenvalue weighted by molar-refractivity contribution is 5.97. The van der Waals surface area contributed by atoms with E-state index in [4.69, 9.17) is 5.73 Å². The Morgan fingerprint density at radius 1 is 1.47 bits per heavy atom. The Hall–Kier alpha value is -2.17. The number of amides is 2.